The molecule has 6 heteroatoms. The number of alkyl halides is 3. The number of rotatable bonds is 3. The van der Waals surface area contributed by atoms with Gasteiger partial charge in [-0.2, -0.15) is 13.2 Å². The van der Waals surface area contributed by atoms with Gasteiger partial charge < -0.3 is 0 Å². The van der Waals surface area contributed by atoms with Crippen molar-refractivity contribution in [1.82, 2.24) is 0 Å². The molecule has 0 spiro atoms. The second-order valence-corrected chi connectivity index (χ2v) is 4.20. The smallest absolute Gasteiger partial charge is 0.252 e. The van der Waals surface area contributed by atoms with Crippen molar-refractivity contribution < 1.29 is 17.4 Å². The molecule has 0 saturated carbocycles. The Labute approximate surface area is 87.9 Å². The zero-order chi connectivity index (χ0) is 11.5. The third kappa shape index (κ3) is 4.01. The van der Waals surface area contributed by atoms with Crippen LogP contribution in [0.15, 0.2) is 24.3 Å². The van der Waals surface area contributed by atoms with E-state index in [1.807, 2.05) is 0 Å². The fourth-order valence-corrected chi connectivity index (χ4v) is 1.52. The Bertz CT molecular complexity index is 347. The van der Waals surface area contributed by atoms with Crippen LogP contribution in [-0.2, 0) is 23.6 Å². The lowest BCUT2D eigenvalue weighted by atomic mass is 10.1. The van der Waals surface area contributed by atoms with E-state index in [0.29, 0.717) is 12.0 Å². The van der Waals surface area contributed by atoms with Crippen LogP contribution in [0.4, 0.5) is 13.2 Å². The summed E-state index contributed by atoms with van der Waals surface area (Å²) < 4.78 is 47.0. The SMILES string of the molecule is N[S@](=O)CCc1ccc(C(F)(F)F)cc1. The molecule has 0 saturated heterocycles. The zero-order valence-corrected chi connectivity index (χ0v) is 8.57. The van der Waals surface area contributed by atoms with Crippen LogP contribution in [0.3, 0.4) is 0 Å². The minimum atomic E-state index is -4.31. The fourth-order valence-electron chi connectivity index (χ4n) is 1.08. The van der Waals surface area contributed by atoms with Crippen LogP contribution >= 0.6 is 0 Å². The van der Waals surface area contributed by atoms with Gasteiger partial charge in [-0.3, -0.25) is 5.14 Å². The second-order valence-electron chi connectivity index (χ2n) is 3.03. The molecule has 0 unspecified atom stereocenters. The molecule has 0 aromatic heterocycles. The summed E-state index contributed by atoms with van der Waals surface area (Å²) in [4.78, 5) is 0. The van der Waals surface area contributed by atoms with Gasteiger partial charge in [0.15, 0.2) is 0 Å². The van der Waals surface area contributed by atoms with Gasteiger partial charge >= 0.3 is 6.18 Å². The van der Waals surface area contributed by atoms with E-state index in [4.69, 9.17) is 5.14 Å². The topological polar surface area (TPSA) is 43.1 Å². The predicted molar refractivity (Wildman–Crippen MR) is 52.3 cm³/mol. The van der Waals surface area contributed by atoms with E-state index in [9.17, 15) is 17.4 Å². The molecule has 0 aliphatic rings. The average Bonchev–Trinajstić information content (AvgIpc) is 2.14. The molecule has 0 fully saturated rings. The van der Waals surface area contributed by atoms with E-state index in [2.05, 4.69) is 0 Å². The summed E-state index contributed by atoms with van der Waals surface area (Å²) in [6, 6.07) is 4.76. The summed E-state index contributed by atoms with van der Waals surface area (Å²) in [6.45, 7) is 0. The first-order chi connectivity index (χ1) is 6.89. The molecule has 1 atom stereocenters. The maximum atomic E-state index is 12.2. The normalized spacial score (nSPS) is 13.9. The summed E-state index contributed by atoms with van der Waals surface area (Å²) in [5.41, 5.74) is 0.0157. The van der Waals surface area contributed by atoms with E-state index in [1.165, 1.54) is 12.1 Å². The van der Waals surface area contributed by atoms with Crippen molar-refractivity contribution in [3.63, 3.8) is 0 Å². The molecule has 1 aromatic carbocycles. The second kappa shape index (κ2) is 4.76. The average molecular weight is 237 g/mol. The summed E-state index contributed by atoms with van der Waals surface area (Å²) in [7, 11) is -1.41. The van der Waals surface area contributed by atoms with Crippen molar-refractivity contribution in [3.05, 3.63) is 35.4 Å². The van der Waals surface area contributed by atoms with E-state index < -0.39 is 22.7 Å². The minimum Gasteiger partial charge on any atom is -0.252 e. The maximum absolute atomic E-state index is 12.2. The van der Waals surface area contributed by atoms with Gasteiger partial charge in [0, 0.05) is 5.75 Å². The van der Waals surface area contributed by atoms with Crippen molar-refractivity contribution in [2.45, 2.75) is 12.6 Å². The molecule has 0 amide bonds. The summed E-state index contributed by atoms with van der Waals surface area (Å²) in [5.74, 6) is 0.255. The first kappa shape index (κ1) is 12.2. The van der Waals surface area contributed by atoms with Crippen LogP contribution in [0.1, 0.15) is 11.1 Å². The summed E-state index contributed by atoms with van der Waals surface area (Å²) >= 11 is 0. The van der Waals surface area contributed by atoms with Gasteiger partial charge in [-0.25, -0.2) is 4.21 Å². The molecule has 2 N–H and O–H groups in total. The van der Waals surface area contributed by atoms with Crippen LogP contribution in [0.2, 0.25) is 0 Å². The van der Waals surface area contributed by atoms with Crippen molar-refractivity contribution in [2.75, 3.05) is 5.75 Å². The third-order valence-corrected chi connectivity index (χ3v) is 2.48. The van der Waals surface area contributed by atoms with E-state index >= 15 is 0 Å². The molecule has 1 rings (SSSR count). The van der Waals surface area contributed by atoms with Crippen LogP contribution in [-0.4, -0.2) is 9.96 Å². The molecule has 0 bridgehead atoms. The molecule has 0 radical (unpaired) electrons. The number of halogens is 3. The van der Waals surface area contributed by atoms with Crippen molar-refractivity contribution in [2.24, 2.45) is 5.14 Å². The van der Waals surface area contributed by atoms with E-state index in [1.54, 1.807) is 0 Å². The van der Waals surface area contributed by atoms with Gasteiger partial charge in [0.2, 0.25) is 0 Å². The maximum Gasteiger partial charge on any atom is 0.416 e. The Hall–Kier alpha value is -0.880. The van der Waals surface area contributed by atoms with Gasteiger partial charge in [0.05, 0.1) is 16.5 Å². The van der Waals surface area contributed by atoms with Gasteiger partial charge in [-0.15, -0.1) is 0 Å². The minimum absolute atomic E-state index is 0.255. The standard InChI is InChI=1S/C9H10F3NOS/c10-9(11,12)8-3-1-7(2-4-8)5-6-15(13)14/h1-4H,5-6,13H2/t15-/m1/s1. The first-order valence-electron chi connectivity index (χ1n) is 4.18. The number of nitrogens with two attached hydrogens (primary N) is 1. The number of benzene rings is 1. The molecular weight excluding hydrogens is 227 g/mol. The Morgan fingerprint density at radius 1 is 1.20 bits per heavy atom. The van der Waals surface area contributed by atoms with Crippen LogP contribution in [0.25, 0.3) is 0 Å². The number of hydrogen-bond donors (Lipinski definition) is 1. The molecule has 0 heterocycles. The highest BCUT2D eigenvalue weighted by Crippen LogP contribution is 2.29. The van der Waals surface area contributed by atoms with Crippen LogP contribution < -0.4 is 5.14 Å². The lowest BCUT2D eigenvalue weighted by Crippen LogP contribution is -2.10. The lowest BCUT2D eigenvalue weighted by Gasteiger charge is -2.06. The molecular formula is C9H10F3NOS. The van der Waals surface area contributed by atoms with Gasteiger partial charge in [-0.05, 0) is 24.1 Å². The summed E-state index contributed by atoms with van der Waals surface area (Å²) in [5, 5.41) is 5.03. The van der Waals surface area contributed by atoms with Crippen LogP contribution in [0.5, 0.6) is 0 Å². The highest BCUT2D eigenvalue weighted by atomic mass is 32.2. The Morgan fingerprint density at radius 2 is 1.73 bits per heavy atom. The van der Waals surface area contributed by atoms with E-state index in [-0.39, 0.29) is 5.75 Å². The lowest BCUT2D eigenvalue weighted by molar-refractivity contribution is -0.137. The largest absolute Gasteiger partial charge is 0.416 e. The highest BCUT2D eigenvalue weighted by Gasteiger charge is 2.29. The Kier molecular flexibility index (Phi) is 3.87. The van der Waals surface area contributed by atoms with E-state index in [0.717, 1.165) is 12.1 Å². The molecule has 2 nitrogen and oxygen atoms in total. The Balaban J connectivity index is 2.69. The van der Waals surface area contributed by atoms with Gasteiger partial charge in [0.1, 0.15) is 0 Å². The predicted octanol–water partition coefficient (Wildman–Crippen LogP) is 1.87. The number of hydrogen-bond acceptors (Lipinski definition) is 1. The zero-order valence-electron chi connectivity index (χ0n) is 7.75. The van der Waals surface area contributed by atoms with Gasteiger partial charge in [0.25, 0.3) is 0 Å². The van der Waals surface area contributed by atoms with Crippen molar-refractivity contribution in [3.8, 4) is 0 Å². The van der Waals surface area contributed by atoms with Gasteiger partial charge in [-0.1, -0.05) is 12.1 Å². The first-order valence-corrected chi connectivity index (χ1v) is 5.56. The molecule has 1 aromatic rings. The number of aryl methyl sites for hydroxylation is 1. The Morgan fingerprint density at radius 3 is 2.13 bits per heavy atom. The quantitative estimate of drug-likeness (QED) is 0.856. The fraction of sp³-hybridized carbons (Fsp3) is 0.333. The third-order valence-electron chi connectivity index (χ3n) is 1.87. The molecule has 15 heavy (non-hydrogen) atoms. The molecule has 0 aliphatic carbocycles. The van der Waals surface area contributed by atoms with Crippen molar-refractivity contribution in [1.29, 1.82) is 0 Å². The molecule has 84 valence electrons. The highest BCUT2D eigenvalue weighted by molar-refractivity contribution is 7.82. The molecule has 0 aliphatic heterocycles. The summed E-state index contributed by atoms with van der Waals surface area (Å²) in [6.07, 6.45) is -3.89. The monoisotopic (exact) mass is 237 g/mol. The van der Waals surface area contributed by atoms with Crippen molar-refractivity contribution >= 4 is 11.0 Å². The van der Waals surface area contributed by atoms with Crippen LogP contribution in [0, 0.1) is 0 Å².